The zero-order valence-electron chi connectivity index (χ0n) is 15.0. The summed E-state index contributed by atoms with van der Waals surface area (Å²) in [6, 6.07) is 0. The van der Waals surface area contributed by atoms with Crippen molar-refractivity contribution in [3.05, 3.63) is 23.8 Å². The normalized spacial score (nSPS) is 51.4. The molecular formula is C20H26O4S. The summed E-state index contributed by atoms with van der Waals surface area (Å²) in [5, 5.41) is 21.0. The number of fused-ring (bicyclic) bond motifs is 2. The number of rotatable bonds is 1. The molecule has 0 radical (unpaired) electrons. The lowest BCUT2D eigenvalue weighted by molar-refractivity contribution is -0.147. The highest BCUT2D eigenvalue weighted by molar-refractivity contribution is 8.00. The van der Waals surface area contributed by atoms with Gasteiger partial charge in [0.1, 0.15) is 0 Å². The fourth-order valence-electron chi connectivity index (χ4n) is 6.80. The molecule has 1 heterocycles. The predicted molar refractivity (Wildman–Crippen MR) is 97.3 cm³/mol. The zero-order valence-corrected chi connectivity index (χ0v) is 15.8. The molecule has 3 aliphatic carbocycles. The molecule has 1 spiro atoms. The van der Waals surface area contributed by atoms with Crippen molar-refractivity contribution >= 4 is 23.5 Å². The van der Waals surface area contributed by atoms with Crippen LogP contribution in [0.4, 0.5) is 0 Å². The number of aliphatic hydroxyl groups excluding tert-OH is 1. The van der Waals surface area contributed by atoms with Crippen molar-refractivity contribution in [2.75, 3.05) is 5.75 Å². The van der Waals surface area contributed by atoms with Crippen LogP contribution >= 0.6 is 11.8 Å². The first-order chi connectivity index (χ1) is 11.7. The average molecular weight is 362 g/mol. The number of carbonyl (C=O) groups excluding carboxylic acids is 1. The van der Waals surface area contributed by atoms with Crippen molar-refractivity contribution in [1.82, 2.24) is 0 Å². The van der Waals surface area contributed by atoms with Crippen LogP contribution in [-0.2, 0) is 9.59 Å². The van der Waals surface area contributed by atoms with Gasteiger partial charge in [0.25, 0.3) is 0 Å². The molecule has 0 aromatic rings. The van der Waals surface area contributed by atoms with Crippen molar-refractivity contribution in [3.63, 3.8) is 0 Å². The Morgan fingerprint density at radius 3 is 2.72 bits per heavy atom. The number of hydrogen-bond donors (Lipinski definition) is 2. The Morgan fingerprint density at radius 2 is 2.04 bits per heavy atom. The van der Waals surface area contributed by atoms with Crippen LogP contribution in [0.3, 0.4) is 0 Å². The molecule has 25 heavy (non-hydrogen) atoms. The quantitative estimate of drug-likeness (QED) is 0.750. The van der Waals surface area contributed by atoms with Gasteiger partial charge in [-0.3, -0.25) is 9.59 Å². The molecule has 0 amide bonds. The standard InChI is InChI=1S/C20H26O4S/c1-11-9-20-16(14(22)10-19(20,3)15(11)17(23)24)18(2)6-4-13(21)8-12(18)5-7-25-20/h4,6,8,11,14-16,22H,5,7,9-10H2,1-3H3,(H,23,24)/t11-,14?,15?,16?,18?,19?,20?/m1/s1. The van der Waals surface area contributed by atoms with Crippen molar-refractivity contribution in [2.24, 2.45) is 28.6 Å². The summed E-state index contributed by atoms with van der Waals surface area (Å²) in [5.41, 5.74) is 0.298. The lowest BCUT2D eigenvalue weighted by Crippen LogP contribution is -2.49. The molecule has 7 atom stereocenters. The Labute approximate surface area is 152 Å². The van der Waals surface area contributed by atoms with Crippen molar-refractivity contribution in [3.8, 4) is 0 Å². The van der Waals surface area contributed by atoms with Crippen LogP contribution in [-0.4, -0.2) is 38.6 Å². The molecule has 0 aromatic heterocycles. The Hall–Kier alpha value is -1.07. The average Bonchev–Trinajstić information content (AvgIpc) is 2.76. The van der Waals surface area contributed by atoms with E-state index in [4.69, 9.17) is 0 Å². The number of thioether (sulfide) groups is 1. The van der Waals surface area contributed by atoms with Gasteiger partial charge in [-0.05, 0) is 48.5 Å². The van der Waals surface area contributed by atoms with Crippen LogP contribution in [0, 0.1) is 28.6 Å². The minimum absolute atomic E-state index is 0.0203. The first kappa shape index (κ1) is 17.3. The molecule has 1 saturated heterocycles. The number of carbonyl (C=O) groups is 2. The number of allylic oxidation sites excluding steroid dienone is 4. The van der Waals surface area contributed by atoms with Gasteiger partial charge in [0.15, 0.2) is 5.78 Å². The molecule has 4 aliphatic rings. The van der Waals surface area contributed by atoms with Gasteiger partial charge < -0.3 is 10.2 Å². The number of ketones is 1. The van der Waals surface area contributed by atoms with Gasteiger partial charge in [-0.15, -0.1) is 0 Å². The Balaban J connectivity index is 1.90. The number of aliphatic carboxylic acids is 1. The monoisotopic (exact) mass is 362 g/mol. The topological polar surface area (TPSA) is 74.6 Å². The van der Waals surface area contributed by atoms with E-state index in [2.05, 4.69) is 13.8 Å². The predicted octanol–water partition coefficient (Wildman–Crippen LogP) is 3.06. The van der Waals surface area contributed by atoms with Crippen LogP contribution in [0.25, 0.3) is 0 Å². The van der Waals surface area contributed by atoms with Crippen molar-refractivity contribution in [1.29, 1.82) is 0 Å². The highest BCUT2D eigenvalue weighted by Crippen LogP contribution is 2.74. The van der Waals surface area contributed by atoms with E-state index in [-0.39, 0.29) is 27.8 Å². The largest absolute Gasteiger partial charge is 0.481 e. The molecule has 5 heteroatoms. The zero-order chi connectivity index (χ0) is 18.2. The number of hydrogen-bond acceptors (Lipinski definition) is 4. The fourth-order valence-corrected chi connectivity index (χ4v) is 8.99. The summed E-state index contributed by atoms with van der Waals surface area (Å²) in [5.74, 6) is -0.233. The third-order valence-electron chi connectivity index (χ3n) is 7.61. The lowest BCUT2D eigenvalue weighted by atomic mass is 9.61. The maximum atomic E-state index is 12.1. The molecule has 0 aromatic carbocycles. The van der Waals surface area contributed by atoms with Gasteiger partial charge in [-0.1, -0.05) is 32.4 Å². The smallest absolute Gasteiger partial charge is 0.307 e. The third-order valence-corrected chi connectivity index (χ3v) is 9.42. The van der Waals surface area contributed by atoms with Crippen LogP contribution in [0.2, 0.25) is 0 Å². The van der Waals surface area contributed by atoms with Gasteiger partial charge in [0, 0.05) is 16.1 Å². The second-order valence-corrected chi connectivity index (χ2v) is 10.3. The molecule has 6 unspecified atom stereocenters. The van der Waals surface area contributed by atoms with Gasteiger partial charge in [0.2, 0.25) is 0 Å². The lowest BCUT2D eigenvalue weighted by Gasteiger charge is -2.48. The van der Waals surface area contributed by atoms with E-state index in [1.165, 1.54) is 0 Å². The molecule has 3 fully saturated rings. The van der Waals surface area contributed by atoms with E-state index >= 15 is 0 Å². The Kier molecular flexibility index (Phi) is 3.63. The summed E-state index contributed by atoms with van der Waals surface area (Å²) in [7, 11) is 0. The second-order valence-electron chi connectivity index (χ2n) is 8.84. The summed E-state index contributed by atoms with van der Waals surface area (Å²) in [6.45, 7) is 6.26. The first-order valence-corrected chi connectivity index (χ1v) is 10.1. The summed E-state index contributed by atoms with van der Waals surface area (Å²) < 4.78 is -0.260. The van der Waals surface area contributed by atoms with E-state index in [9.17, 15) is 19.8 Å². The summed E-state index contributed by atoms with van der Waals surface area (Å²) in [6.07, 6.45) is 6.98. The third kappa shape index (κ3) is 2.00. The molecule has 0 bridgehead atoms. The number of carboxylic acid groups (broad SMARTS) is 1. The van der Waals surface area contributed by atoms with Crippen LogP contribution in [0.5, 0.6) is 0 Å². The molecular weight excluding hydrogens is 336 g/mol. The minimum atomic E-state index is -0.736. The highest BCUT2D eigenvalue weighted by Gasteiger charge is 2.74. The molecule has 1 aliphatic heterocycles. The Morgan fingerprint density at radius 1 is 1.32 bits per heavy atom. The molecule has 2 saturated carbocycles. The summed E-state index contributed by atoms with van der Waals surface area (Å²) >= 11 is 1.86. The van der Waals surface area contributed by atoms with Crippen LogP contribution in [0.1, 0.15) is 40.0 Å². The highest BCUT2D eigenvalue weighted by atomic mass is 32.2. The van der Waals surface area contributed by atoms with E-state index < -0.39 is 23.4 Å². The fraction of sp³-hybridized carbons (Fsp3) is 0.700. The summed E-state index contributed by atoms with van der Waals surface area (Å²) in [4.78, 5) is 24.0. The Bertz CT molecular complexity index is 712. The van der Waals surface area contributed by atoms with E-state index in [1.54, 1.807) is 12.2 Å². The van der Waals surface area contributed by atoms with E-state index in [0.717, 1.165) is 24.2 Å². The SMILES string of the molecule is C[C@@H]1CC23SCCC4=CC(=O)C=CC4(C)C2C(O)CC3(C)C1C(=O)O. The van der Waals surface area contributed by atoms with Crippen LogP contribution in [0.15, 0.2) is 23.8 Å². The van der Waals surface area contributed by atoms with E-state index in [0.29, 0.717) is 6.42 Å². The van der Waals surface area contributed by atoms with Crippen LogP contribution < -0.4 is 0 Å². The van der Waals surface area contributed by atoms with Crippen molar-refractivity contribution < 1.29 is 19.8 Å². The molecule has 2 N–H and O–H groups in total. The molecule has 4 rings (SSSR count). The number of aliphatic hydroxyl groups is 1. The van der Waals surface area contributed by atoms with Crippen molar-refractivity contribution in [2.45, 2.75) is 50.9 Å². The van der Waals surface area contributed by atoms with E-state index in [1.807, 2.05) is 24.8 Å². The maximum Gasteiger partial charge on any atom is 0.307 e. The number of carboxylic acids is 1. The van der Waals surface area contributed by atoms with Gasteiger partial charge in [0.05, 0.1) is 12.0 Å². The van der Waals surface area contributed by atoms with Gasteiger partial charge in [-0.25, -0.2) is 0 Å². The van der Waals surface area contributed by atoms with Gasteiger partial charge in [-0.2, -0.15) is 11.8 Å². The first-order valence-electron chi connectivity index (χ1n) is 9.15. The second kappa shape index (κ2) is 5.23. The maximum absolute atomic E-state index is 12.1. The molecule has 136 valence electrons. The minimum Gasteiger partial charge on any atom is -0.481 e. The van der Waals surface area contributed by atoms with Gasteiger partial charge >= 0.3 is 5.97 Å². The molecule has 4 nitrogen and oxygen atoms in total.